The lowest BCUT2D eigenvalue weighted by molar-refractivity contribution is -0.245. The Morgan fingerprint density at radius 1 is 1.27 bits per heavy atom. The molecule has 0 saturated heterocycles. The fraction of sp³-hybridized carbons (Fsp3) is 0.579. The Hall–Kier alpha value is -1.35. The van der Waals surface area contributed by atoms with Crippen molar-refractivity contribution in [2.45, 2.75) is 59.8 Å². The van der Waals surface area contributed by atoms with E-state index in [-0.39, 0.29) is 5.41 Å². The molecule has 22 heavy (non-hydrogen) atoms. The van der Waals surface area contributed by atoms with Crippen molar-refractivity contribution in [3.8, 4) is 0 Å². The molecule has 1 aromatic carbocycles. The molecule has 0 amide bonds. The van der Waals surface area contributed by atoms with E-state index in [0.29, 0.717) is 11.5 Å². The number of benzene rings is 1. The van der Waals surface area contributed by atoms with E-state index in [0.717, 1.165) is 31.8 Å². The van der Waals surface area contributed by atoms with Crippen molar-refractivity contribution in [3.63, 3.8) is 0 Å². The monoisotopic (exact) mass is 303 g/mol. The lowest BCUT2D eigenvalue weighted by Gasteiger charge is -2.36. The third kappa shape index (κ3) is 4.84. The maximum Gasteiger partial charge on any atom is 0.373 e. The molecule has 0 spiro atoms. The quantitative estimate of drug-likeness (QED) is 0.560. The molecule has 3 heteroatoms. The summed E-state index contributed by atoms with van der Waals surface area (Å²) in [5.41, 5.74) is 1.97. The van der Waals surface area contributed by atoms with Gasteiger partial charge in [-0.05, 0) is 54.7 Å². The minimum Gasteiger partial charge on any atom is -0.292 e. The smallest absolute Gasteiger partial charge is 0.292 e. The lowest BCUT2D eigenvalue weighted by atomic mass is 9.71. The average Bonchev–Trinajstić information content (AvgIpc) is 2.44. The molecule has 3 nitrogen and oxygen atoms in total. The molecular weight excluding hydrogens is 276 g/mol. The maximum absolute atomic E-state index is 12.0. The summed E-state index contributed by atoms with van der Waals surface area (Å²) < 4.78 is 0. The van der Waals surface area contributed by atoms with Gasteiger partial charge in [-0.25, -0.2) is 4.79 Å². The Kier molecular flexibility index (Phi) is 5.63. The minimum atomic E-state index is -0.424. The summed E-state index contributed by atoms with van der Waals surface area (Å²) in [6.45, 7) is 8.79. The van der Waals surface area contributed by atoms with Crippen LogP contribution in [0.4, 0.5) is 0 Å². The van der Waals surface area contributed by atoms with E-state index < -0.39 is 5.97 Å². The Morgan fingerprint density at radius 3 is 2.55 bits per heavy atom. The lowest BCUT2D eigenvalue weighted by Crippen LogP contribution is -2.28. The van der Waals surface area contributed by atoms with Crippen LogP contribution in [0.1, 0.15) is 69.3 Å². The van der Waals surface area contributed by atoms with Crippen LogP contribution in [0, 0.1) is 17.4 Å². The van der Waals surface area contributed by atoms with Crippen molar-refractivity contribution >= 4 is 5.97 Å². The summed E-state index contributed by atoms with van der Waals surface area (Å²) in [7, 11) is 0. The van der Waals surface area contributed by atoms with Gasteiger partial charge in [-0.3, -0.25) is 4.89 Å². The Morgan fingerprint density at radius 2 is 1.95 bits per heavy atom. The first-order chi connectivity index (χ1) is 10.4. The number of carbonyl (C=O) groups is 1. The van der Waals surface area contributed by atoms with E-state index in [4.69, 9.17) is 9.78 Å². The molecule has 1 saturated carbocycles. The normalized spacial score (nSPS) is 21.5. The SMILES string of the molecule is CCCc1ccc(C(=O)OO[C]2CC(C)CC(C)(C)C2)cc1. The molecule has 0 N–H and O–H groups in total. The van der Waals surface area contributed by atoms with Gasteiger partial charge < -0.3 is 0 Å². The van der Waals surface area contributed by atoms with Crippen LogP contribution in [0.5, 0.6) is 0 Å². The predicted octanol–water partition coefficient (Wildman–Crippen LogP) is 5.11. The first kappa shape index (κ1) is 17.0. The van der Waals surface area contributed by atoms with Gasteiger partial charge in [-0.2, -0.15) is 4.89 Å². The Bertz CT molecular complexity index is 490. The van der Waals surface area contributed by atoms with Crippen LogP contribution in [-0.2, 0) is 16.2 Å². The highest BCUT2D eigenvalue weighted by atomic mass is 17.2. The van der Waals surface area contributed by atoms with Crippen LogP contribution in [0.25, 0.3) is 0 Å². The molecule has 0 heterocycles. The van der Waals surface area contributed by atoms with Crippen LogP contribution in [0.15, 0.2) is 24.3 Å². The summed E-state index contributed by atoms with van der Waals surface area (Å²) in [6.07, 6.45) is 5.88. The number of carbonyl (C=O) groups excluding carboxylic acids is 1. The van der Waals surface area contributed by atoms with E-state index in [1.807, 2.05) is 12.1 Å². The average molecular weight is 303 g/mol. The van der Waals surface area contributed by atoms with E-state index in [1.165, 1.54) is 12.0 Å². The van der Waals surface area contributed by atoms with Gasteiger partial charge in [-0.1, -0.05) is 46.2 Å². The molecular formula is C19H27O3. The molecule has 1 unspecified atom stereocenters. The molecule has 0 aromatic heterocycles. The number of hydrogen-bond donors (Lipinski definition) is 0. The zero-order valence-electron chi connectivity index (χ0n) is 14.1. The number of aryl methyl sites for hydroxylation is 1. The number of rotatable bonds is 5. The summed E-state index contributed by atoms with van der Waals surface area (Å²) in [5.74, 6) is 0.136. The molecule has 1 aromatic rings. The zero-order chi connectivity index (χ0) is 16.2. The van der Waals surface area contributed by atoms with Gasteiger partial charge in [0, 0.05) is 0 Å². The predicted molar refractivity (Wildman–Crippen MR) is 87.0 cm³/mol. The first-order valence-corrected chi connectivity index (χ1v) is 8.22. The van der Waals surface area contributed by atoms with Gasteiger partial charge in [0.05, 0.1) is 5.56 Å². The van der Waals surface area contributed by atoms with E-state index in [9.17, 15) is 4.79 Å². The largest absolute Gasteiger partial charge is 0.373 e. The minimum absolute atomic E-state index is 0.210. The van der Waals surface area contributed by atoms with Crippen molar-refractivity contribution in [2.75, 3.05) is 0 Å². The van der Waals surface area contributed by atoms with Crippen LogP contribution < -0.4 is 0 Å². The number of hydrogen-bond acceptors (Lipinski definition) is 3. The Balaban J connectivity index is 1.87. The van der Waals surface area contributed by atoms with Crippen LogP contribution >= 0.6 is 0 Å². The second-order valence-electron chi connectivity index (χ2n) is 7.29. The van der Waals surface area contributed by atoms with Crippen molar-refractivity contribution in [1.82, 2.24) is 0 Å². The van der Waals surface area contributed by atoms with Gasteiger partial charge >= 0.3 is 5.97 Å². The summed E-state index contributed by atoms with van der Waals surface area (Å²) >= 11 is 0. The molecule has 2 rings (SSSR count). The Labute approximate surface area is 133 Å². The van der Waals surface area contributed by atoms with E-state index in [1.54, 1.807) is 12.1 Å². The standard InChI is InChI=1S/C19H27O3/c1-5-6-15-7-9-16(10-8-15)18(20)22-21-17-11-14(2)12-19(3,4)13-17/h7-10,14H,5-6,11-13H2,1-4H3. The molecule has 1 atom stereocenters. The van der Waals surface area contributed by atoms with Crippen LogP contribution in [0.2, 0.25) is 0 Å². The van der Waals surface area contributed by atoms with Gasteiger partial charge in [-0.15, -0.1) is 0 Å². The van der Waals surface area contributed by atoms with Gasteiger partial charge in [0.2, 0.25) is 0 Å². The topological polar surface area (TPSA) is 35.5 Å². The molecule has 1 aliphatic carbocycles. The van der Waals surface area contributed by atoms with Crippen molar-refractivity contribution in [3.05, 3.63) is 41.5 Å². The van der Waals surface area contributed by atoms with E-state index in [2.05, 4.69) is 27.7 Å². The maximum atomic E-state index is 12.0. The molecule has 121 valence electrons. The van der Waals surface area contributed by atoms with Gasteiger partial charge in [0.1, 0.15) is 6.10 Å². The fourth-order valence-electron chi connectivity index (χ4n) is 3.39. The third-order valence-corrected chi connectivity index (χ3v) is 4.12. The van der Waals surface area contributed by atoms with E-state index >= 15 is 0 Å². The summed E-state index contributed by atoms with van der Waals surface area (Å²) in [6, 6.07) is 7.54. The molecule has 1 radical (unpaired) electrons. The third-order valence-electron chi connectivity index (χ3n) is 4.12. The van der Waals surface area contributed by atoms with Crippen LogP contribution in [-0.4, -0.2) is 5.97 Å². The first-order valence-electron chi connectivity index (χ1n) is 8.22. The highest BCUT2D eigenvalue weighted by Gasteiger charge is 2.34. The van der Waals surface area contributed by atoms with Gasteiger partial charge in [0.15, 0.2) is 0 Å². The van der Waals surface area contributed by atoms with Crippen molar-refractivity contribution in [1.29, 1.82) is 0 Å². The summed E-state index contributed by atoms with van der Waals surface area (Å²) in [5, 5.41) is 0. The highest BCUT2D eigenvalue weighted by Crippen LogP contribution is 2.43. The molecule has 1 fully saturated rings. The second-order valence-corrected chi connectivity index (χ2v) is 7.29. The van der Waals surface area contributed by atoms with Crippen LogP contribution in [0.3, 0.4) is 0 Å². The molecule has 0 aliphatic heterocycles. The molecule has 0 bridgehead atoms. The highest BCUT2D eigenvalue weighted by molar-refractivity contribution is 5.88. The summed E-state index contributed by atoms with van der Waals surface area (Å²) in [4.78, 5) is 22.4. The zero-order valence-corrected chi connectivity index (χ0v) is 14.1. The molecule has 1 aliphatic rings. The van der Waals surface area contributed by atoms with Crippen molar-refractivity contribution in [2.24, 2.45) is 11.3 Å². The second kappa shape index (κ2) is 7.28. The fourth-order valence-corrected chi connectivity index (χ4v) is 3.39. The van der Waals surface area contributed by atoms with Gasteiger partial charge in [0.25, 0.3) is 0 Å². The van der Waals surface area contributed by atoms with Crippen molar-refractivity contribution < 1.29 is 14.6 Å².